The molecule has 0 aliphatic carbocycles. The number of benzene rings is 1. The smallest absolute Gasteiger partial charge is 0.267 e. The van der Waals surface area contributed by atoms with Crippen LogP contribution in [0.5, 0.6) is 0 Å². The highest BCUT2D eigenvalue weighted by Crippen LogP contribution is 2.24. The molecule has 1 aliphatic rings. The van der Waals surface area contributed by atoms with Gasteiger partial charge in [-0.25, -0.2) is 0 Å². The predicted molar refractivity (Wildman–Crippen MR) is 92.7 cm³/mol. The van der Waals surface area contributed by atoms with Crippen LogP contribution in [-0.4, -0.2) is 35.4 Å². The van der Waals surface area contributed by atoms with E-state index in [-0.39, 0.29) is 11.9 Å². The molecule has 5 heteroatoms. The molecule has 2 heterocycles. The van der Waals surface area contributed by atoms with Crippen molar-refractivity contribution in [3.05, 3.63) is 58.9 Å². The Morgan fingerprint density at radius 3 is 2.61 bits per heavy atom. The summed E-state index contributed by atoms with van der Waals surface area (Å²) in [7, 11) is 0. The molecule has 0 saturated carbocycles. The van der Waals surface area contributed by atoms with Crippen LogP contribution in [0.25, 0.3) is 0 Å². The van der Waals surface area contributed by atoms with E-state index in [0.29, 0.717) is 17.3 Å². The molecule has 2 aromatic rings. The first-order valence-electron chi connectivity index (χ1n) is 8.15. The van der Waals surface area contributed by atoms with Crippen molar-refractivity contribution < 1.29 is 4.79 Å². The molecular weight excluding hydrogens is 310 g/mol. The monoisotopic (exact) mass is 331 g/mol. The van der Waals surface area contributed by atoms with Crippen molar-refractivity contribution in [2.24, 2.45) is 0 Å². The number of nitrogens with zero attached hydrogens (tertiary/aromatic N) is 1. The molecule has 1 atom stereocenters. The van der Waals surface area contributed by atoms with E-state index in [2.05, 4.69) is 39.5 Å². The number of hydrogen-bond acceptors (Lipinski definition) is 2. The number of carbonyl (C=O) groups excluding carboxylic acids is 1. The van der Waals surface area contributed by atoms with Crippen LogP contribution in [0.4, 0.5) is 0 Å². The van der Waals surface area contributed by atoms with Crippen LogP contribution in [0.15, 0.2) is 42.6 Å². The summed E-state index contributed by atoms with van der Waals surface area (Å²) in [5.74, 6) is -0.116. The van der Waals surface area contributed by atoms with Crippen LogP contribution in [0.2, 0.25) is 5.02 Å². The summed E-state index contributed by atoms with van der Waals surface area (Å²) in [5.41, 5.74) is 1.75. The Labute approximate surface area is 141 Å². The molecule has 0 unspecified atom stereocenters. The molecule has 23 heavy (non-hydrogen) atoms. The van der Waals surface area contributed by atoms with Crippen molar-refractivity contribution in [3.63, 3.8) is 0 Å². The van der Waals surface area contributed by atoms with Gasteiger partial charge in [-0.15, -0.1) is 0 Å². The average Bonchev–Trinajstić information content (AvgIpc) is 3.03. The molecule has 3 rings (SSSR count). The summed E-state index contributed by atoms with van der Waals surface area (Å²) >= 11 is 5.87. The summed E-state index contributed by atoms with van der Waals surface area (Å²) in [6.45, 7) is 2.77. The first-order chi connectivity index (χ1) is 11.2. The molecule has 0 radical (unpaired) electrons. The fourth-order valence-electron chi connectivity index (χ4n) is 3.15. The lowest BCUT2D eigenvalue weighted by Gasteiger charge is -2.35. The zero-order valence-electron chi connectivity index (χ0n) is 13.1. The van der Waals surface area contributed by atoms with Gasteiger partial charge in [0.1, 0.15) is 5.69 Å². The third-order valence-electron chi connectivity index (χ3n) is 4.36. The fraction of sp³-hybridized carbons (Fsp3) is 0.389. The van der Waals surface area contributed by atoms with Gasteiger partial charge in [-0.1, -0.05) is 48.4 Å². The van der Waals surface area contributed by atoms with Gasteiger partial charge >= 0.3 is 0 Å². The molecule has 1 aliphatic heterocycles. The van der Waals surface area contributed by atoms with Crippen molar-refractivity contribution in [1.29, 1.82) is 0 Å². The molecule has 0 spiro atoms. The number of piperidine rings is 1. The largest absolute Gasteiger partial charge is 0.356 e. The van der Waals surface area contributed by atoms with Crippen LogP contribution in [0.1, 0.15) is 41.4 Å². The van der Waals surface area contributed by atoms with E-state index < -0.39 is 0 Å². The Morgan fingerprint density at radius 2 is 1.96 bits per heavy atom. The second kappa shape index (κ2) is 7.66. The van der Waals surface area contributed by atoms with Gasteiger partial charge in [0, 0.05) is 12.7 Å². The number of rotatable bonds is 5. The normalized spacial score (nSPS) is 16.9. The Balaban J connectivity index is 1.69. The van der Waals surface area contributed by atoms with Crippen molar-refractivity contribution in [2.45, 2.75) is 25.3 Å². The number of carbonyl (C=O) groups is 1. The maximum Gasteiger partial charge on any atom is 0.267 e. The highest BCUT2D eigenvalue weighted by atomic mass is 35.5. The van der Waals surface area contributed by atoms with Gasteiger partial charge < -0.3 is 10.3 Å². The van der Waals surface area contributed by atoms with Crippen LogP contribution in [0.3, 0.4) is 0 Å². The molecule has 1 fully saturated rings. The first kappa shape index (κ1) is 16.1. The minimum atomic E-state index is -0.116. The first-order valence-corrected chi connectivity index (χ1v) is 8.53. The van der Waals surface area contributed by atoms with Crippen molar-refractivity contribution in [2.75, 3.05) is 19.6 Å². The quantitative estimate of drug-likeness (QED) is 0.879. The van der Waals surface area contributed by atoms with Crippen molar-refractivity contribution in [1.82, 2.24) is 15.2 Å². The van der Waals surface area contributed by atoms with Crippen LogP contribution in [-0.2, 0) is 0 Å². The van der Waals surface area contributed by atoms with E-state index in [9.17, 15) is 4.79 Å². The number of likely N-dealkylation sites (tertiary alicyclic amines) is 1. The average molecular weight is 332 g/mol. The maximum absolute atomic E-state index is 12.3. The number of halogens is 1. The number of nitrogens with one attached hydrogen (secondary N) is 2. The Bertz CT molecular complexity index is 635. The van der Waals surface area contributed by atoms with Crippen LogP contribution in [0, 0.1) is 0 Å². The van der Waals surface area contributed by atoms with Gasteiger partial charge in [-0.3, -0.25) is 9.69 Å². The van der Waals surface area contributed by atoms with E-state index in [4.69, 9.17) is 11.6 Å². The standard InChI is InChI=1S/C18H22ClN3O/c19-15-11-16(20-12-15)18(23)21-13-17(14-7-3-1-4-8-14)22-9-5-2-6-10-22/h1,3-4,7-8,11-12,17,20H,2,5-6,9-10,13H2,(H,21,23)/t17-/m0/s1. The Morgan fingerprint density at radius 1 is 1.22 bits per heavy atom. The summed E-state index contributed by atoms with van der Waals surface area (Å²) in [6.07, 6.45) is 5.37. The highest BCUT2D eigenvalue weighted by Gasteiger charge is 2.23. The molecule has 4 nitrogen and oxygen atoms in total. The second-order valence-corrected chi connectivity index (χ2v) is 6.40. The summed E-state index contributed by atoms with van der Waals surface area (Å²) in [5, 5.41) is 3.58. The lowest BCUT2D eigenvalue weighted by atomic mass is 10.0. The molecule has 2 N–H and O–H groups in total. The lowest BCUT2D eigenvalue weighted by Crippen LogP contribution is -2.40. The molecule has 1 aromatic heterocycles. The van der Waals surface area contributed by atoms with E-state index >= 15 is 0 Å². The number of aromatic nitrogens is 1. The second-order valence-electron chi connectivity index (χ2n) is 5.96. The SMILES string of the molecule is O=C(NC[C@@H](c1ccccc1)N1CCCCC1)c1cc(Cl)c[nH]1. The summed E-state index contributed by atoms with van der Waals surface area (Å²) in [6, 6.07) is 12.3. The van der Waals surface area contributed by atoms with Gasteiger partial charge in [-0.05, 0) is 37.6 Å². The Hall–Kier alpha value is -1.78. The lowest BCUT2D eigenvalue weighted by molar-refractivity contribution is 0.0920. The van der Waals surface area contributed by atoms with E-state index in [0.717, 1.165) is 13.1 Å². The molecule has 1 aromatic carbocycles. The van der Waals surface area contributed by atoms with Gasteiger partial charge in [0.05, 0.1) is 11.1 Å². The van der Waals surface area contributed by atoms with Gasteiger partial charge in [-0.2, -0.15) is 0 Å². The zero-order chi connectivity index (χ0) is 16.1. The topological polar surface area (TPSA) is 48.1 Å². The van der Waals surface area contributed by atoms with Crippen LogP contribution < -0.4 is 5.32 Å². The molecule has 122 valence electrons. The molecule has 0 bridgehead atoms. The minimum absolute atomic E-state index is 0.116. The van der Waals surface area contributed by atoms with Gasteiger partial charge in [0.15, 0.2) is 0 Å². The van der Waals surface area contributed by atoms with Crippen LogP contribution >= 0.6 is 11.6 Å². The zero-order valence-corrected chi connectivity index (χ0v) is 13.9. The minimum Gasteiger partial charge on any atom is -0.356 e. The number of aromatic amines is 1. The number of H-pyrrole nitrogens is 1. The molecular formula is C18H22ClN3O. The summed E-state index contributed by atoms with van der Waals surface area (Å²) in [4.78, 5) is 17.6. The van der Waals surface area contributed by atoms with E-state index in [1.54, 1.807) is 12.3 Å². The number of amides is 1. The third kappa shape index (κ3) is 4.15. The highest BCUT2D eigenvalue weighted by molar-refractivity contribution is 6.30. The van der Waals surface area contributed by atoms with Gasteiger partial charge in [0.25, 0.3) is 5.91 Å². The number of hydrogen-bond donors (Lipinski definition) is 2. The van der Waals surface area contributed by atoms with E-state index in [1.807, 2.05) is 6.07 Å². The van der Waals surface area contributed by atoms with E-state index in [1.165, 1.54) is 24.8 Å². The van der Waals surface area contributed by atoms with Crippen molar-refractivity contribution >= 4 is 17.5 Å². The predicted octanol–water partition coefficient (Wildman–Crippen LogP) is 3.63. The van der Waals surface area contributed by atoms with Gasteiger partial charge in [0.2, 0.25) is 0 Å². The molecule has 1 saturated heterocycles. The maximum atomic E-state index is 12.3. The third-order valence-corrected chi connectivity index (χ3v) is 4.58. The molecule has 1 amide bonds. The fourth-order valence-corrected chi connectivity index (χ4v) is 3.31. The van der Waals surface area contributed by atoms with Crippen molar-refractivity contribution in [3.8, 4) is 0 Å². The summed E-state index contributed by atoms with van der Waals surface area (Å²) < 4.78 is 0. The Kier molecular flexibility index (Phi) is 5.36.